The highest BCUT2D eigenvalue weighted by molar-refractivity contribution is 5.92. The Morgan fingerprint density at radius 1 is 0.867 bits per heavy atom. The average molecular weight is 398 g/mol. The summed E-state index contributed by atoms with van der Waals surface area (Å²) < 4.78 is 7.29. The van der Waals surface area contributed by atoms with Gasteiger partial charge in [-0.25, -0.2) is 0 Å². The molecule has 0 aliphatic carbocycles. The normalized spacial score (nSPS) is 10.7. The van der Waals surface area contributed by atoms with Crippen molar-refractivity contribution in [1.29, 1.82) is 0 Å². The Morgan fingerprint density at radius 3 is 2.30 bits per heavy atom. The molecule has 0 fully saturated rings. The fraction of sp³-hybridized carbons (Fsp3) is 0.120. The van der Waals surface area contributed by atoms with Crippen molar-refractivity contribution in [1.82, 2.24) is 4.57 Å². The number of nitrogens with one attached hydrogen (secondary N) is 1. The number of pyridine rings is 1. The molecule has 0 saturated heterocycles. The van der Waals surface area contributed by atoms with Gasteiger partial charge in [-0.15, -0.1) is 0 Å². The molecular weight excluding hydrogens is 376 g/mol. The number of ether oxygens (including phenoxy) is 1. The van der Waals surface area contributed by atoms with Crippen LogP contribution < -0.4 is 15.6 Å². The smallest absolute Gasteiger partial charge is 0.251 e. The van der Waals surface area contributed by atoms with E-state index in [0.29, 0.717) is 11.4 Å². The summed E-state index contributed by atoms with van der Waals surface area (Å²) in [5.41, 5.74) is 3.12. The summed E-state index contributed by atoms with van der Waals surface area (Å²) >= 11 is 0. The highest BCUT2D eigenvalue weighted by atomic mass is 16.5. The quantitative estimate of drug-likeness (QED) is 0.512. The second-order valence-corrected chi connectivity index (χ2v) is 7.21. The zero-order valence-electron chi connectivity index (χ0n) is 16.9. The topological polar surface area (TPSA) is 60.3 Å². The predicted molar refractivity (Wildman–Crippen MR) is 119 cm³/mol. The molecule has 150 valence electrons. The van der Waals surface area contributed by atoms with Crippen LogP contribution >= 0.6 is 0 Å². The number of aromatic nitrogens is 1. The summed E-state index contributed by atoms with van der Waals surface area (Å²) in [6.45, 7) is 3.80. The van der Waals surface area contributed by atoms with Crippen LogP contribution in [0.2, 0.25) is 0 Å². The molecule has 0 aliphatic heterocycles. The summed E-state index contributed by atoms with van der Waals surface area (Å²) in [5, 5.41) is 3.83. The first-order valence-electron chi connectivity index (χ1n) is 9.74. The first-order valence-corrected chi connectivity index (χ1v) is 9.74. The molecular formula is C25H22N2O3. The summed E-state index contributed by atoms with van der Waals surface area (Å²) in [5.74, 6) is 1.16. The van der Waals surface area contributed by atoms with Gasteiger partial charge in [-0.1, -0.05) is 36.4 Å². The zero-order valence-corrected chi connectivity index (χ0v) is 16.9. The maximum atomic E-state index is 12.6. The van der Waals surface area contributed by atoms with Crippen LogP contribution in [0.25, 0.3) is 10.9 Å². The Labute approximate surface area is 174 Å². The molecule has 0 atom stereocenters. The Morgan fingerprint density at radius 2 is 1.57 bits per heavy atom. The number of carbonyl (C=O) groups is 1. The lowest BCUT2D eigenvalue weighted by molar-refractivity contribution is -0.116. The Kier molecular flexibility index (Phi) is 5.35. The van der Waals surface area contributed by atoms with E-state index in [1.165, 1.54) is 4.57 Å². The Hall–Kier alpha value is -3.86. The second-order valence-electron chi connectivity index (χ2n) is 7.21. The van der Waals surface area contributed by atoms with Crippen LogP contribution in [-0.2, 0) is 11.3 Å². The lowest BCUT2D eigenvalue weighted by Gasteiger charge is -2.14. The fourth-order valence-corrected chi connectivity index (χ4v) is 3.52. The van der Waals surface area contributed by atoms with E-state index < -0.39 is 0 Å². The number of rotatable bonds is 5. The molecule has 4 rings (SSSR count). The van der Waals surface area contributed by atoms with Gasteiger partial charge in [0, 0.05) is 17.1 Å². The van der Waals surface area contributed by atoms with Crippen molar-refractivity contribution in [2.45, 2.75) is 20.4 Å². The molecule has 5 heteroatoms. The van der Waals surface area contributed by atoms with Crippen molar-refractivity contribution in [3.8, 4) is 11.5 Å². The Balaban J connectivity index is 1.51. The largest absolute Gasteiger partial charge is 0.457 e. The number of benzene rings is 3. The zero-order chi connectivity index (χ0) is 21.1. The van der Waals surface area contributed by atoms with Crippen molar-refractivity contribution >= 4 is 22.5 Å². The van der Waals surface area contributed by atoms with Gasteiger partial charge in [0.05, 0.1) is 5.52 Å². The molecule has 0 saturated carbocycles. The predicted octanol–water partition coefficient (Wildman–Crippen LogP) is 5.05. The van der Waals surface area contributed by atoms with Gasteiger partial charge in [0.2, 0.25) is 5.91 Å². The van der Waals surface area contributed by atoms with Crippen molar-refractivity contribution in [2.24, 2.45) is 0 Å². The van der Waals surface area contributed by atoms with E-state index >= 15 is 0 Å². The second kappa shape index (κ2) is 8.25. The number of fused-ring (bicyclic) bond motifs is 1. The molecule has 1 aromatic heterocycles. The maximum Gasteiger partial charge on any atom is 0.251 e. The van der Waals surface area contributed by atoms with Gasteiger partial charge in [-0.3, -0.25) is 14.2 Å². The maximum absolute atomic E-state index is 12.6. The van der Waals surface area contributed by atoms with E-state index in [4.69, 9.17) is 4.74 Å². The van der Waals surface area contributed by atoms with Crippen LogP contribution in [0, 0.1) is 13.8 Å². The van der Waals surface area contributed by atoms with E-state index in [1.807, 2.05) is 62.4 Å². The summed E-state index contributed by atoms with van der Waals surface area (Å²) in [7, 11) is 0. The van der Waals surface area contributed by atoms with Crippen molar-refractivity contribution < 1.29 is 9.53 Å². The van der Waals surface area contributed by atoms with Crippen LogP contribution in [-0.4, -0.2) is 10.5 Å². The van der Waals surface area contributed by atoms with Gasteiger partial charge in [-0.2, -0.15) is 0 Å². The van der Waals surface area contributed by atoms with Crippen LogP contribution in [0.4, 0.5) is 5.69 Å². The van der Waals surface area contributed by atoms with Crippen LogP contribution in [0.5, 0.6) is 11.5 Å². The first kappa shape index (κ1) is 19.5. The van der Waals surface area contributed by atoms with Crippen molar-refractivity contribution in [2.75, 3.05) is 5.32 Å². The van der Waals surface area contributed by atoms with E-state index in [9.17, 15) is 9.59 Å². The van der Waals surface area contributed by atoms with Gasteiger partial charge in [0.25, 0.3) is 5.56 Å². The minimum absolute atomic E-state index is 0.0528. The number of aryl methyl sites for hydroxylation is 2. The lowest BCUT2D eigenvalue weighted by atomic mass is 10.1. The molecule has 0 bridgehead atoms. The van der Waals surface area contributed by atoms with Crippen molar-refractivity contribution in [3.05, 3.63) is 100 Å². The Bertz CT molecular complexity index is 1260. The minimum Gasteiger partial charge on any atom is -0.457 e. The molecule has 3 aromatic carbocycles. The molecule has 1 heterocycles. The van der Waals surface area contributed by atoms with Gasteiger partial charge in [-0.05, 0) is 61.4 Å². The third-order valence-electron chi connectivity index (χ3n) is 4.96. The van der Waals surface area contributed by atoms with E-state index in [0.717, 1.165) is 27.8 Å². The highest BCUT2D eigenvalue weighted by Gasteiger charge is 2.12. The molecule has 4 aromatic rings. The summed E-state index contributed by atoms with van der Waals surface area (Å²) in [6.07, 6.45) is 0. The van der Waals surface area contributed by atoms with Crippen molar-refractivity contribution in [3.63, 3.8) is 0 Å². The number of para-hydroxylation sites is 2. The molecule has 30 heavy (non-hydrogen) atoms. The molecule has 0 radical (unpaired) electrons. The third kappa shape index (κ3) is 4.10. The SMILES string of the molecule is Cc1cc(=O)n(CC(=O)Nc2ccc(Oc3ccccc3)cc2)c2c(C)cccc12. The number of hydrogen-bond acceptors (Lipinski definition) is 3. The average Bonchev–Trinajstić information content (AvgIpc) is 2.73. The van der Waals surface area contributed by atoms with E-state index in [1.54, 1.807) is 30.3 Å². The van der Waals surface area contributed by atoms with Crippen LogP contribution in [0.15, 0.2) is 83.7 Å². The van der Waals surface area contributed by atoms with Gasteiger partial charge >= 0.3 is 0 Å². The summed E-state index contributed by atoms with van der Waals surface area (Å²) in [6, 6.07) is 24.1. The lowest BCUT2D eigenvalue weighted by Crippen LogP contribution is -2.28. The number of anilines is 1. The molecule has 0 unspecified atom stereocenters. The molecule has 0 aliphatic rings. The third-order valence-corrected chi connectivity index (χ3v) is 4.96. The molecule has 0 spiro atoms. The summed E-state index contributed by atoms with van der Waals surface area (Å²) in [4.78, 5) is 25.2. The van der Waals surface area contributed by atoms with E-state index in [-0.39, 0.29) is 18.0 Å². The van der Waals surface area contributed by atoms with Crippen LogP contribution in [0.3, 0.4) is 0 Å². The van der Waals surface area contributed by atoms with Crippen LogP contribution in [0.1, 0.15) is 11.1 Å². The number of carbonyl (C=O) groups excluding carboxylic acids is 1. The highest BCUT2D eigenvalue weighted by Crippen LogP contribution is 2.23. The monoisotopic (exact) mass is 398 g/mol. The number of nitrogens with zero attached hydrogens (tertiary/aromatic N) is 1. The minimum atomic E-state index is -0.262. The molecule has 1 amide bonds. The molecule has 1 N–H and O–H groups in total. The fourth-order valence-electron chi connectivity index (χ4n) is 3.52. The standard InChI is InChI=1S/C25H22N2O3/c1-17-7-6-10-22-18(2)15-24(29)27(25(17)22)16-23(28)26-19-11-13-21(14-12-19)30-20-8-4-3-5-9-20/h3-15H,16H2,1-2H3,(H,26,28). The van der Waals surface area contributed by atoms with Gasteiger partial charge in [0.1, 0.15) is 18.0 Å². The number of hydrogen-bond donors (Lipinski definition) is 1. The van der Waals surface area contributed by atoms with Gasteiger partial charge in [0.15, 0.2) is 0 Å². The number of amides is 1. The first-order chi connectivity index (χ1) is 14.5. The van der Waals surface area contributed by atoms with E-state index in [2.05, 4.69) is 5.32 Å². The molecule has 5 nitrogen and oxygen atoms in total. The van der Waals surface area contributed by atoms with Gasteiger partial charge < -0.3 is 10.1 Å².